The Labute approximate surface area is 130 Å². The monoisotopic (exact) mass is 288 g/mol. The van der Waals surface area contributed by atoms with Crippen molar-refractivity contribution in [1.82, 2.24) is 4.90 Å². The van der Waals surface area contributed by atoms with Crippen LogP contribution in [0.25, 0.3) is 0 Å². The lowest BCUT2D eigenvalue weighted by molar-refractivity contribution is 0.114. The van der Waals surface area contributed by atoms with Gasteiger partial charge in [0.25, 0.3) is 0 Å². The summed E-state index contributed by atoms with van der Waals surface area (Å²) in [5, 5.41) is 0. The highest BCUT2D eigenvalue weighted by atomic mass is 15.2. The van der Waals surface area contributed by atoms with Gasteiger partial charge in [0.05, 0.1) is 0 Å². The van der Waals surface area contributed by atoms with Gasteiger partial charge in [0.2, 0.25) is 0 Å². The minimum absolute atomic E-state index is 0.101. The molecule has 1 aliphatic rings. The van der Waals surface area contributed by atoms with E-state index in [1.807, 2.05) is 0 Å². The van der Waals surface area contributed by atoms with Gasteiger partial charge in [-0.1, -0.05) is 51.0 Å². The summed E-state index contributed by atoms with van der Waals surface area (Å²) in [6.07, 6.45) is 6.45. The highest BCUT2D eigenvalue weighted by molar-refractivity contribution is 5.26. The van der Waals surface area contributed by atoms with Crippen LogP contribution in [0.15, 0.2) is 24.3 Å². The maximum absolute atomic E-state index is 6.17. The van der Waals surface area contributed by atoms with E-state index < -0.39 is 0 Å². The Morgan fingerprint density at radius 3 is 2.10 bits per heavy atom. The first-order valence-electron chi connectivity index (χ1n) is 8.59. The number of rotatable bonds is 5. The molecule has 0 amide bonds. The van der Waals surface area contributed by atoms with Crippen molar-refractivity contribution in [3.8, 4) is 0 Å². The quantitative estimate of drug-likeness (QED) is 0.889. The molecule has 2 heteroatoms. The van der Waals surface area contributed by atoms with Crippen molar-refractivity contribution in [1.29, 1.82) is 0 Å². The predicted octanol–water partition coefficient (Wildman–Crippen LogP) is 3.95. The zero-order valence-corrected chi connectivity index (χ0v) is 14.1. The number of nitrogens with two attached hydrogens (primary N) is 1. The third-order valence-corrected chi connectivity index (χ3v) is 5.04. The number of likely N-dealkylation sites (tertiary alicyclic amines) is 1. The van der Waals surface area contributed by atoms with Gasteiger partial charge in [-0.25, -0.2) is 0 Å². The van der Waals surface area contributed by atoms with Gasteiger partial charge in [-0.15, -0.1) is 0 Å². The molecule has 1 unspecified atom stereocenters. The highest BCUT2D eigenvalue weighted by Gasteiger charge is 2.30. The zero-order chi connectivity index (χ0) is 15.3. The fourth-order valence-electron chi connectivity index (χ4n) is 3.38. The molecular weight excluding hydrogens is 256 g/mol. The van der Waals surface area contributed by atoms with Gasteiger partial charge < -0.3 is 5.73 Å². The molecule has 1 heterocycles. The van der Waals surface area contributed by atoms with Gasteiger partial charge in [-0.05, 0) is 56.3 Å². The van der Waals surface area contributed by atoms with Crippen LogP contribution in [0.3, 0.4) is 0 Å². The largest absolute Gasteiger partial charge is 0.329 e. The van der Waals surface area contributed by atoms with E-state index in [9.17, 15) is 0 Å². The average Bonchev–Trinajstić information content (AvgIpc) is 2.77. The van der Waals surface area contributed by atoms with Gasteiger partial charge in [0.1, 0.15) is 0 Å². The van der Waals surface area contributed by atoms with Gasteiger partial charge in [-0.3, -0.25) is 4.90 Å². The fraction of sp³-hybridized carbons (Fsp3) is 0.684. The van der Waals surface area contributed by atoms with Gasteiger partial charge in [0.15, 0.2) is 0 Å². The average molecular weight is 288 g/mol. The van der Waals surface area contributed by atoms with Crippen molar-refractivity contribution in [3.05, 3.63) is 35.4 Å². The lowest BCUT2D eigenvalue weighted by Gasteiger charge is -2.40. The molecule has 118 valence electrons. The lowest BCUT2D eigenvalue weighted by Crippen LogP contribution is -2.53. The minimum Gasteiger partial charge on any atom is -0.329 e. The molecule has 0 spiro atoms. The Balaban J connectivity index is 2.09. The van der Waals surface area contributed by atoms with Crippen LogP contribution in [0.4, 0.5) is 0 Å². The van der Waals surface area contributed by atoms with E-state index >= 15 is 0 Å². The summed E-state index contributed by atoms with van der Waals surface area (Å²) in [4.78, 5) is 2.64. The van der Waals surface area contributed by atoms with Crippen LogP contribution < -0.4 is 5.73 Å². The highest BCUT2D eigenvalue weighted by Crippen LogP contribution is 2.25. The van der Waals surface area contributed by atoms with Crippen LogP contribution in [0, 0.1) is 0 Å². The second kappa shape index (κ2) is 7.42. The third kappa shape index (κ3) is 4.31. The summed E-state index contributed by atoms with van der Waals surface area (Å²) in [6.45, 7) is 9.98. The van der Waals surface area contributed by atoms with Gasteiger partial charge in [-0.2, -0.15) is 0 Å². The first-order chi connectivity index (χ1) is 10.0. The van der Waals surface area contributed by atoms with Crippen LogP contribution >= 0.6 is 0 Å². The number of benzene rings is 1. The fourth-order valence-corrected chi connectivity index (χ4v) is 3.38. The van der Waals surface area contributed by atoms with Crippen molar-refractivity contribution in [2.75, 3.05) is 19.6 Å². The zero-order valence-electron chi connectivity index (χ0n) is 14.1. The topological polar surface area (TPSA) is 29.3 Å². The van der Waals surface area contributed by atoms with E-state index in [4.69, 9.17) is 5.73 Å². The Bertz CT molecular complexity index is 416. The molecule has 0 aromatic heterocycles. The van der Waals surface area contributed by atoms with Gasteiger partial charge in [0, 0.05) is 12.1 Å². The summed E-state index contributed by atoms with van der Waals surface area (Å²) in [7, 11) is 0. The summed E-state index contributed by atoms with van der Waals surface area (Å²) in [6, 6.07) is 9.14. The molecule has 1 atom stereocenters. The molecule has 0 aliphatic carbocycles. The lowest BCUT2D eigenvalue weighted by atomic mass is 9.89. The molecule has 1 aromatic carbocycles. The molecule has 21 heavy (non-hydrogen) atoms. The summed E-state index contributed by atoms with van der Waals surface area (Å²) in [5.74, 6) is 0.602. The molecule has 0 radical (unpaired) electrons. The first-order valence-corrected chi connectivity index (χ1v) is 8.59. The van der Waals surface area contributed by atoms with Crippen molar-refractivity contribution in [2.24, 2.45) is 5.73 Å². The molecule has 2 rings (SSSR count). The van der Waals surface area contributed by atoms with Crippen molar-refractivity contribution in [3.63, 3.8) is 0 Å². The molecule has 2 N–H and O–H groups in total. The van der Waals surface area contributed by atoms with Crippen LogP contribution in [0.1, 0.15) is 63.5 Å². The SMILES string of the molecule is CC(C)c1ccc(CC(C)(CN)N2CCCCCC2)cc1. The van der Waals surface area contributed by atoms with E-state index in [-0.39, 0.29) is 5.54 Å². The summed E-state index contributed by atoms with van der Waals surface area (Å²) in [5.41, 5.74) is 9.11. The van der Waals surface area contributed by atoms with E-state index in [1.54, 1.807) is 0 Å². The van der Waals surface area contributed by atoms with E-state index in [0.717, 1.165) is 13.0 Å². The normalized spacial score (nSPS) is 20.2. The molecule has 0 bridgehead atoms. The Morgan fingerprint density at radius 2 is 1.62 bits per heavy atom. The summed E-state index contributed by atoms with van der Waals surface area (Å²) >= 11 is 0. The smallest absolute Gasteiger partial charge is 0.0343 e. The third-order valence-electron chi connectivity index (χ3n) is 5.04. The standard InChI is InChI=1S/C19H32N2/c1-16(2)18-10-8-17(9-11-18)14-19(3,15-20)21-12-6-4-5-7-13-21/h8-11,16H,4-7,12-15,20H2,1-3H3. The maximum atomic E-state index is 6.17. The van der Waals surface area contributed by atoms with Crippen LogP contribution in [0.5, 0.6) is 0 Å². The first kappa shape index (κ1) is 16.5. The molecule has 1 aromatic rings. The molecular formula is C19H32N2. The summed E-state index contributed by atoms with van der Waals surface area (Å²) < 4.78 is 0. The predicted molar refractivity (Wildman–Crippen MR) is 91.7 cm³/mol. The Morgan fingerprint density at radius 1 is 1.05 bits per heavy atom. The second-order valence-electron chi connectivity index (χ2n) is 7.18. The Hall–Kier alpha value is -0.860. The van der Waals surface area contributed by atoms with Crippen LogP contribution in [0.2, 0.25) is 0 Å². The van der Waals surface area contributed by atoms with E-state index in [1.165, 1.54) is 49.9 Å². The number of hydrogen-bond donors (Lipinski definition) is 1. The van der Waals surface area contributed by atoms with Crippen molar-refractivity contribution in [2.45, 2.75) is 64.3 Å². The Kier molecular flexibility index (Phi) is 5.83. The van der Waals surface area contributed by atoms with Gasteiger partial charge >= 0.3 is 0 Å². The van der Waals surface area contributed by atoms with Crippen molar-refractivity contribution < 1.29 is 0 Å². The van der Waals surface area contributed by atoms with Crippen LogP contribution in [-0.4, -0.2) is 30.1 Å². The molecule has 2 nitrogen and oxygen atoms in total. The van der Waals surface area contributed by atoms with E-state index in [2.05, 4.69) is 49.9 Å². The van der Waals surface area contributed by atoms with Crippen molar-refractivity contribution >= 4 is 0 Å². The number of nitrogens with zero attached hydrogens (tertiary/aromatic N) is 1. The van der Waals surface area contributed by atoms with E-state index in [0.29, 0.717) is 5.92 Å². The molecule has 0 saturated carbocycles. The second-order valence-corrected chi connectivity index (χ2v) is 7.18. The van der Waals surface area contributed by atoms with Crippen LogP contribution in [-0.2, 0) is 6.42 Å². The molecule has 1 saturated heterocycles. The minimum atomic E-state index is 0.101. The molecule has 1 fully saturated rings. The molecule has 1 aliphatic heterocycles. The maximum Gasteiger partial charge on any atom is 0.0343 e. The number of hydrogen-bond acceptors (Lipinski definition) is 2.